The number of nitrogens with zero attached hydrogens (tertiary/aromatic N) is 3. The molecular weight excluding hydrogens is 366 g/mol. The molecular formula is C27H29N3. The summed E-state index contributed by atoms with van der Waals surface area (Å²) in [6, 6.07) is 25.6. The van der Waals surface area contributed by atoms with E-state index >= 15 is 0 Å². The summed E-state index contributed by atoms with van der Waals surface area (Å²) in [6.07, 6.45) is 0. The molecule has 0 N–H and O–H groups in total. The van der Waals surface area contributed by atoms with Gasteiger partial charge in [0.1, 0.15) is 5.82 Å². The Morgan fingerprint density at radius 3 is 1.67 bits per heavy atom. The molecule has 0 radical (unpaired) electrons. The largest absolute Gasteiger partial charge is 0.212 e. The van der Waals surface area contributed by atoms with Gasteiger partial charge in [0.15, 0.2) is 5.82 Å². The minimum Gasteiger partial charge on any atom is -0.212 e. The highest BCUT2D eigenvalue weighted by Gasteiger charge is 2.22. The maximum Gasteiger partial charge on any atom is 0.163 e. The maximum atomic E-state index is 4.85. The van der Waals surface area contributed by atoms with Crippen molar-refractivity contribution in [2.75, 3.05) is 0 Å². The van der Waals surface area contributed by atoms with Crippen LogP contribution in [-0.4, -0.2) is 14.8 Å². The number of aromatic nitrogens is 3. The molecule has 0 saturated carbocycles. The van der Waals surface area contributed by atoms with Crippen LogP contribution in [0.25, 0.3) is 28.2 Å². The molecule has 0 amide bonds. The molecule has 0 bridgehead atoms. The van der Waals surface area contributed by atoms with E-state index < -0.39 is 0 Å². The van der Waals surface area contributed by atoms with E-state index in [2.05, 4.69) is 99.1 Å². The SMILES string of the molecule is Cc1nc(-c2ccccc2)n(-c2c(C(C)C)cc(-c3ccccc3)cc2C(C)C)n1. The lowest BCUT2D eigenvalue weighted by Gasteiger charge is -2.22. The minimum absolute atomic E-state index is 0.356. The number of aryl methyl sites for hydroxylation is 1. The number of hydrogen-bond acceptors (Lipinski definition) is 2. The molecule has 4 rings (SSSR count). The Morgan fingerprint density at radius 2 is 1.17 bits per heavy atom. The van der Waals surface area contributed by atoms with E-state index in [0.29, 0.717) is 11.8 Å². The quantitative estimate of drug-likeness (QED) is 0.359. The Morgan fingerprint density at radius 1 is 0.667 bits per heavy atom. The van der Waals surface area contributed by atoms with Crippen molar-refractivity contribution in [3.63, 3.8) is 0 Å². The van der Waals surface area contributed by atoms with Gasteiger partial charge in [-0.25, -0.2) is 9.67 Å². The predicted octanol–water partition coefficient (Wildman–Crippen LogP) is 7.16. The molecule has 0 spiro atoms. The van der Waals surface area contributed by atoms with E-state index in [1.54, 1.807) is 0 Å². The van der Waals surface area contributed by atoms with Crippen molar-refractivity contribution < 1.29 is 0 Å². The van der Waals surface area contributed by atoms with Crippen LogP contribution >= 0.6 is 0 Å². The molecule has 0 aliphatic carbocycles. The van der Waals surface area contributed by atoms with Gasteiger partial charge in [0.05, 0.1) is 5.69 Å². The third-order valence-corrected chi connectivity index (χ3v) is 5.48. The van der Waals surface area contributed by atoms with Crippen LogP contribution in [0.2, 0.25) is 0 Å². The van der Waals surface area contributed by atoms with Crippen LogP contribution in [0, 0.1) is 6.92 Å². The van der Waals surface area contributed by atoms with Gasteiger partial charge in [-0.05, 0) is 53.1 Å². The fourth-order valence-corrected chi connectivity index (χ4v) is 3.95. The molecule has 0 atom stereocenters. The first-order chi connectivity index (χ1) is 14.5. The van der Waals surface area contributed by atoms with E-state index in [1.165, 1.54) is 27.9 Å². The molecule has 0 unspecified atom stereocenters. The zero-order valence-electron chi connectivity index (χ0n) is 18.4. The zero-order chi connectivity index (χ0) is 21.3. The average Bonchev–Trinajstić information content (AvgIpc) is 3.15. The molecule has 30 heavy (non-hydrogen) atoms. The molecule has 0 fully saturated rings. The fourth-order valence-electron chi connectivity index (χ4n) is 3.95. The van der Waals surface area contributed by atoms with Gasteiger partial charge >= 0.3 is 0 Å². The minimum atomic E-state index is 0.356. The average molecular weight is 396 g/mol. The summed E-state index contributed by atoms with van der Waals surface area (Å²) in [7, 11) is 0. The van der Waals surface area contributed by atoms with E-state index in [4.69, 9.17) is 10.1 Å². The fraction of sp³-hybridized carbons (Fsp3) is 0.259. The van der Waals surface area contributed by atoms with Crippen LogP contribution in [0.5, 0.6) is 0 Å². The lowest BCUT2D eigenvalue weighted by atomic mass is 9.88. The monoisotopic (exact) mass is 395 g/mol. The summed E-state index contributed by atoms with van der Waals surface area (Å²) in [5.41, 5.74) is 7.33. The Labute approximate surface area is 179 Å². The second-order valence-corrected chi connectivity index (χ2v) is 8.44. The molecule has 1 heterocycles. The standard InChI is InChI=1S/C27H29N3/c1-18(2)24-16-23(21-12-8-6-9-13-21)17-25(19(3)4)26(24)30-27(28-20(5)29-30)22-14-10-7-11-15-22/h6-19H,1-5H3. The van der Waals surface area contributed by atoms with E-state index in [0.717, 1.165) is 17.2 Å². The highest BCUT2D eigenvalue weighted by atomic mass is 15.4. The van der Waals surface area contributed by atoms with E-state index in [-0.39, 0.29) is 0 Å². The normalized spacial score (nSPS) is 11.4. The molecule has 152 valence electrons. The number of benzene rings is 3. The third-order valence-electron chi connectivity index (χ3n) is 5.48. The predicted molar refractivity (Wildman–Crippen MR) is 125 cm³/mol. The first-order valence-electron chi connectivity index (χ1n) is 10.7. The smallest absolute Gasteiger partial charge is 0.163 e. The van der Waals surface area contributed by atoms with Crippen LogP contribution in [0.1, 0.15) is 56.5 Å². The van der Waals surface area contributed by atoms with Crippen molar-refractivity contribution in [2.24, 2.45) is 0 Å². The summed E-state index contributed by atoms with van der Waals surface area (Å²) in [5, 5.41) is 4.85. The van der Waals surface area contributed by atoms with Crippen LogP contribution in [0.15, 0.2) is 72.8 Å². The summed E-state index contributed by atoms with van der Waals surface area (Å²) in [6.45, 7) is 11.0. The van der Waals surface area contributed by atoms with Gasteiger partial charge in [-0.15, -0.1) is 0 Å². The van der Waals surface area contributed by atoms with Gasteiger partial charge in [-0.1, -0.05) is 88.4 Å². The molecule has 3 nitrogen and oxygen atoms in total. The Kier molecular flexibility index (Phi) is 5.54. The van der Waals surface area contributed by atoms with Crippen molar-refractivity contribution >= 4 is 0 Å². The van der Waals surface area contributed by atoms with Crippen molar-refractivity contribution in [1.82, 2.24) is 14.8 Å². The molecule has 0 aliphatic rings. The van der Waals surface area contributed by atoms with E-state index in [1.807, 2.05) is 13.0 Å². The van der Waals surface area contributed by atoms with Crippen LogP contribution in [0.3, 0.4) is 0 Å². The highest BCUT2D eigenvalue weighted by molar-refractivity contribution is 5.71. The first kappa shape index (κ1) is 20.1. The highest BCUT2D eigenvalue weighted by Crippen LogP contribution is 2.37. The van der Waals surface area contributed by atoms with Gasteiger partial charge < -0.3 is 0 Å². The molecule has 3 aromatic carbocycles. The summed E-state index contributed by atoms with van der Waals surface area (Å²) in [5.74, 6) is 2.39. The molecule has 0 aliphatic heterocycles. The summed E-state index contributed by atoms with van der Waals surface area (Å²) < 4.78 is 2.06. The molecule has 1 aromatic heterocycles. The molecule has 0 saturated heterocycles. The Hall–Kier alpha value is -3.20. The van der Waals surface area contributed by atoms with Crippen LogP contribution < -0.4 is 0 Å². The molecule has 3 heteroatoms. The van der Waals surface area contributed by atoms with Crippen LogP contribution in [0.4, 0.5) is 0 Å². The summed E-state index contributed by atoms with van der Waals surface area (Å²) in [4.78, 5) is 4.79. The molecule has 4 aromatic rings. The number of hydrogen-bond donors (Lipinski definition) is 0. The maximum absolute atomic E-state index is 4.85. The Bertz CT molecular complexity index is 1110. The second kappa shape index (κ2) is 8.27. The second-order valence-electron chi connectivity index (χ2n) is 8.44. The van der Waals surface area contributed by atoms with Gasteiger partial charge in [0, 0.05) is 5.56 Å². The van der Waals surface area contributed by atoms with Crippen molar-refractivity contribution in [2.45, 2.75) is 46.5 Å². The summed E-state index contributed by atoms with van der Waals surface area (Å²) >= 11 is 0. The van der Waals surface area contributed by atoms with Crippen molar-refractivity contribution in [1.29, 1.82) is 0 Å². The lowest BCUT2D eigenvalue weighted by molar-refractivity contribution is 0.769. The van der Waals surface area contributed by atoms with Gasteiger partial charge in [0.25, 0.3) is 0 Å². The van der Waals surface area contributed by atoms with Gasteiger partial charge in [-0.3, -0.25) is 0 Å². The van der Waals surface area contributed by atoms with Gasteiger partial charge in [0.2, 0.25) is 0 Å². The van der Waals surface area contributed by atoms with Crippen molar-refractivity contribution in [3.8, 4) is 28.2 Å². The first-order valence-corrected chi connectivity index (χ1v) is 10.7. The number of rotatable bonds is 5. The topological polar surface area (TPSA) is 30.7 Å². The van der Waals surface area contributed by atoms with Gasteiger partial charge in [-0.2, -0.15) is 5.10 Å². The van der Waals surface area contributed by atoms with Crippen molar-refractivity contribution in [3.05, 3.63) is 89.7 Å². The lowest BCUT2D eigenvalue weighted by Crippen LogP contribution is -2.10. The van der Waals surface area contributed by atoms with Crippen LogP contribution in [-0.2, 0) is 0 Å². The van der Waals surface area contributed by atoms with E-state index in [9.17, 15) is 0 Å². The third kappa shape index (κ3) is 3.80. The Balaban J connectivity index is 2.01. The zero-order valence-corrected chi connectivity index (χ0v) is 18.4.